The molecule has 108 valence electrons. The van der Waals surface area contributed by atoms with E-state index in [-0.39, 0.29) is 12.4 Å². The summed E-state index contributed by atoms with van der Waals surface area (Å²) in [6.45, 7) is 0.504. The highest BCUT2D eigenvalue weighted by molar-refractivity contribution is 5.41. The number of benzene rings is 1. The summed E-state index contributed by atoms with van der Waals surface area (Å²) in [5.74, 6) is 5.46. The topological polar surface area (TPSA) is 29.5 Å². The van der Waals surface area contributed by atoms with E-state index in [9.17, 15) is 4.39 Å². The monoisotopic (exact) mass is 276 g/mol. The first-order valence-corrected chi connectivity index (χ1v) is 7.29. The van der Waals surface area contributed by atoms with Crippen LogP contribution in [0.1, 0.15) is 49.7 Å². The van der Waals surface area contributed by atoms with E-state index in [0.717, 1.165) is 18.4 Å². The van der Waals surface area contributed by atoms with Crippen LogP contribution in [-0.4, -0.2) is 17.8 Å². The Balaban J connectivity index is 2.00. The van der Waals surface area contributed by atoms with Crippen molar-refractivity contribution in [3.8, 4) is 11.8 Å². The van der Waals surface area contributed by atoms with Crippen LogP contribution in [0.2, 0.25) is 0 Å². The number of hydrogen-bond acceptors (Lipinski definition) is 2. The Bertz CT molecular complexity index is 481. The molecule has 2 nitrogen and oxygen atoms in total. The van der Waals surface area contributed by atoms with Crippen molar-refractivity contribution < 1.29 is 14.2 Å². The predicted octanol–water partition coefficient (Wildman–Crippen LogP) is 3.41. The second kappa shape index (κ2) is 8.04. The standard InChI is InChI=1S/C17H21FO2/c18-16-10-9-15(14(12-16)6-4-5-11-19)13-20-17-7-2-1-3-8-17/h9-10,12,17,19H,1-3,5,7-8,11,13H2. The van der Waals surface area contributed by atoms with Crippen LogP contribution >= 0.6 is 0 Å². The lowest BCUT2D eigenvalue weighted by Crippen LogP contribution is -2.16. The molecular weight excluding hydrogens is 255 g/mol. The van der Waals surface area contributed by atoms with Gasteiger partial charge in [0.1, 0.15) is 5.82 Å². The highest BCUT2D eigenvalue weighted by Gasteiger charge is 2.14. The molecule has 3 heteroatoms. The van der Waals surface area contributed by atoms with E-state index in [4.69, 9.17) is 9.84 Å². The molecule has 2 rings (SSSR count). The molecule has 0 bridgehead atoms. The van der Waals surface area contributed by atoms with Gasteiger partial charge in [0.25, 0.3) is 0 Å². The van der Waals surface area contributed by atoms with Gasteiger partial charge in [0.05, 0.1) is 19.3 Å². The molecule has 0 radical (unpaired) electrons. The molecule has 1 aromatic rings. The van der Waals surface area contributed by atoms with Gasteiger partial charge in [0.2, 0.25) is 0 Å². The van der Waals surface area contributed by atoms with Gasteiger partial charge < -0.3 is 9.84 Å². The minimum Gasteiger partial charge on any atom is -0.395 e. The molecule has 20 heavy (non-hydrogen) atoms. The van der Waals surface area contributed by atoms with Gasteiger partial charge in [-0.15, -0.1) is 0 Å². The molecule has 0 atom stereocenters. The van der Waals surface area contributed by atoms with Crippen molar-refractivity contribution >= 4 is 0 Å². The molecule has 1 aliphatic rings. The fourth-order valence-electron chi connectivity index (χ4n) is 2.44. The summed E-state index contributed by atoms with van der Waals surface area (Å²) >= 11 is 0. The number of aliphatic hydroxyl groups excluding tert-OH is 1. The lowest BCUT2D eigenvalue weighted by molar-refractivity contribution is 0.0167. The molecule has 0 spiro atoms. The first-order chi connectivity index (χ1) is 9.79. The molecule has 1 aromatic carbocycles. The van der Waals surface area contributed by atoms with Crippen LogP contribution in [0.3, 0.4) is 0 Å². The van der Waals surface area contributed by atoms with Gasteiger partial charge in [0.15, 0.2) is 0 Å². The molecule has 0 amide bonds. The van der Waals surface area contributed by atoms with E-state index in [1.165, 1.54) is 31.4 Å². The van der Waals surface area contributed by atoms with E-state index < -0.39 is 0 Å². The molecule has 0 heterocycles. The molecule has 1 saturated carbocycles. The van der Waals surface area contributed by atoms with Crippen molar-refractivity contribution in [2.45, 2.75) is 51.2 Å². The van der Waals surface area contributed by atoms with Gasteiger partial charge in [-0.2, -0.15) is 0 Å². The van der Waals surface area contributed by atoms with Crippen molar-refractivity contribution in [1.82, 2.24) is 0 Å². The summed E-state index contributed by atoms with van der Waals surface area (Å²) in [6.07, 6.45) is 6.73. The maximum Gasteiger partial charge on any atom is 0.124 e. The van der Waals surface area contributed by atoms with Gasteiger partial charge in [-0.25, -0.2) is 4.39 Å². The maximum atomic E-state index is 13.3. The molecule has 1 N–H and O–H groups in total. The zero-order chi connectivity index (χ0) is 14.2. The normalized spacial score (nSPS) is 15.7. The summed E-state index contributed by atoms with van der Waals surface area (Å²) < 4.78 is 19.2. The Hall–Kier alpha value is -1.37. The summed E-state index contributed by atoms with van der Waals surface area (Å²) in [4.78, 5) is 0. The fourth-order valence-corrected chi connectivity index (χ4v) is 2.44. The smallest absolute Gasteiger partial charge is 0.124 e. The number of ether oxygens (including phenoxy) is 1. The van der Waals surface area contributed by atoms with Gasteiger partial charge in [-0.1, -0.05) is 37.2 Å². The van der Waals surface area contributed by atoms with Crippen LogP contribution in [0.4, 0.5) is 4.39 Å². The molecule has 0 aliphatic heterocycles. The molecule has 0 unspecified atom stereocenters. The quantitative estimate of drug-likeness (QED) is 0.854. The highest BCUT2D eigenvalue weighted by Crippen LogP contribution is 2.22. The summed E-state index contributed by atoms with van der Waals surface area (Å²) in [5, 5.41) is 8.74. The summed E-state index contributed by atoms with van der Waals surface area (Å²) in [5.41, 5.74) is 1.58. The van der Waals surface area contributed by atoms with Crippen molar-refractivity contribution in [2.75, 3.05) is 6.61 Å². The van der Waals surface area contributed by atoms with E-state index in [0.29, 0.717) is 24.7 Å². The van der Waals surface area contributed by atoms with Crippen molar-refractivity contribution in [2.24, 2.45) is 0 Å². The Morgan fingerprint density at radius 1 is 1.25 bits per heavy atom. The van der Waals surface area contributed by atoms with Crippen LogP contribution < -0.4 is 0 Å². The van der Waals surface area contributed by atoms with E-state index in [1.807, 2.05) is 0 Å². The Morgan fingerprint density at radius 2 is 2.05 bits per heavy atom. The Morgan fingerprint density at radius 3 is 2.80 bits per heavy atom. The summed E-state index contributed by atoms with van der Waals surface area (Å²) in [6, 6.07) is 4.61. The predicted molar refractivity (Wildman–Crippen MR) is 76.6 cm³/mol. The lowest BCUT2D eigenvalue weighted by atomic mass is 9.98. The minimum absolute atomic E-state index is 0.0240. The van der Waals surface area contributed by atoms with Gasteiger partial charge in [-0.05, 0) is 30.5 Å². The number of hydrogen-bond donors (Lipinski definition) is 1. The van der Waals surface area contributed by atoms with Crippen molar-refractivity contribution in [3.63, 3.8) is 0 Å². The number of halogens is 1. The van der Waals surface area contributed by atoms with Gasteiger partial charge >= 0.3 is 0 Å². The first-order valence-electron chi connectivity index (χ1n) is 7.29. The van der Waals surface area contributed by atoms with Crippen LogP contribution in [0.15, 0.2) is 18.2 Å². The van der Waals surface area contributed by atoms with Crippen molar-refractivity contribution in [3.05, 3.63) is 35.1 Å². The lowest BCUT2D eigenvalue weighted by Gasteiger charge is -2.22. The maximum absolute atomic E-state index is 13.3. The zero-order valence-electron chi connectivity index (χ0n) is 11.7. The Kier molecular flexibility index (Phi) is 6.04. The third kappa shape index (κ3) is 4.63. The SMILES string of the molecule is OCCC#Cc1cc(F)ccc1COC1CCCCC1. The molecular formula is C17H21FO2. The molecule has 1 aliphatic carbocycles. The van der Waals surface area contributed by atoms with Crippen LogP contribution in [0.5, 0.6) is 0 Å². The number of aliphatic hydroxyl groups is 1. The van der Waals surface area contributed by atoms with Crippen LogP contribution in [-0.2, 0) is 11.3 Å². The van der Waals surface area contributed by atoms with E-state index in [2.05, 4.69) is 11.8 Å². The van der Waals surface area contributed by atoms with Gasteiger partial charge in [0, 0.05) is 12.0 Å². The van der Waals surface area contributed by atoms with Crippen LogP contribution in [0, 0.1) is 17.7 Å². The second-order valence-corrected chi connectivity index (χ2v) is 5.15. The Labute approximate surface area is 120 Å². The molecule has 1 fully saturated rings. The average molecular weight is 276 g/mol. The second-order valence-electron chi connectivity index (χ2n) is 5.15. The third-order valence-corrected chi connectivity index (χ3v) is 3.56. The number of rotatable bonds is 4. The van der Waals surface area contributed by atoms with E-state index in [1.54, 1.807) is 6.07 Å². The fraction of sp³-hybridized carbons (Fsp3) is 0.529. The van der Waals surface area contributed by atoms with E-state index >= 15 is 0 Å². The average Bonchev–Trinajstić information content (AvgIpc) is 2.48. The minimum atomic E-state index is -0.292. The third-order valence-electron chi connectivity index (χ3n) is 3.56. The highest BCUT2D eigenvalue weighted by atomic mass is 19.1. The summed E-state index contributed by atoms with van der Waals surface area (Å²) in [7, 11) is 0. The van der Waals surface area contributed by atoms with Crippen molar-refractivity contribution in [1.29, 1.82) is 0 Å². The zero-order valence-corrected chi connectivity index (χ0v) is 11.7. The molecule has 0 saturated heterocycles. The molecule has 0 aromatic heterocycles. The first kappa shape index (κ1) is 15.0. The largest absolute Gasteiger partial charge is 0.395 e. The van der Waals surface area contributed by atoms with Crippen LogP contribution in [0.25, 0.3) is 0 Å². The van der Waals surface area contributed by atoms with Gasteiger partial charge in [-0.3, -0.25) is 0 Å².